The molecule has 0 amide bonds. The maximum absolute atomic E-state index is 12.2. The lowest BCUT2D eigenvalue weighted by atomic mass is 9.96. The molecule has 0 fully saturated rings. The van der Waals surface area contributed by atoms with Crippen LogP contribution in [0.4, 0.5) is 0 Å². The number of Topliss-reactive ketones (excluding diaryl/α,β-unsaturated/α-hetero) is 1. The highest BCUT2D eigenvalue weighted by atomic mass is 32.1. The third-order valence-corrected chi connectivity index (χ3v) is 4.13. The minimum atomic E-state index is 0.218. The van der Waals surface area contributed by atoms with Gasteiger partial charge in [0.25, 0.3) is 0 Å². The van der Waals surface area contributed by atoms with Crippen LogP contribution in [0.25, 0.3) is 10.1 Å². The lowest BCUT2D eigenvalue weighted by Crippen LogP contribution is -2.17. The van der Waals surface area contributed by atoms with E-state index in [9.17, 15) is 4.79 Å². The molecule has 0 radical (unpaired) electrons. The van der Waals surface area contributed by atoms with Crippen LogP contribution < -0.4 is 5.73 Å². The molecule has 0 aliphatic rings. The van der Waals surface area contributed by atoms with E-state index in [2.05, 4.69) is 13.0 Å². The molecule has 2 rings (SSSR count). The zero-order valence-corrected chi connectivity index (χ0v) is 10.8. The van der Waals surface area contributed by atoms with Gasteiger partial charge < -0.3 is 5.73 Å². The number of hydrogen-bond acceptors (Lipinski definition) is 3. The number of nitrogens with two attached hydrogens (primary N) is 1. The molecule has 17 heavy (non-hydrogen) atoms. The van der Waals surface area contributed by atoms with Crippen LogP contribution in [0, 0.1) is 5.92 Å². The molecular weight excluding hydrogens is 230 g/mol. The number of carbonyl (C=O) groups is 1. The topological polar surface area (TPSA) is 43.1 Å². The molecule has 0 spiro atoms. The van der Waals surface area contributed by atoms with Crippen LogP contribution in [0.3, 0.4) is 0 Å². The molecule has 2 aromatic rings. The summed E-state index contributed by atoms with van der Waals surface area (Å²) < 4.78 is 1.10. The summed E-state index contributed by atoms with van der Waals surface area (Å²) in [5.74, 6) is 0.521. The minimum Gasteiger partial charge on any atom is -0.330 e. The Morgan fingerprint density at radius 1 is 1.41 bits per heavy atom. The van der Waals surface area contributed by atoms with Crippen molar-refractivity contribution >= 4 is 27.2 Å². The van der Waals surface area contributed by atoms with Gasteiger partial charge in [0.15, 0.2) is 5.78 Å². The van der Waals surface area contributed by atoms with Crippen LogP contribution >= 0.6 is 11.3 Å². The van der Waals surface area contributed by atoms with Gasteiger partial charge in [-0.05, 0) is 35.4 Å². The summed E-state index contributed by atoms with van der Waals surface area (Å²) in [6.07, 6.45) is 1.52. The molecule has 90 valence electrons. The van der Waals surface area contributed by atoms with Crippen LogP contribution in [0.5, 0.6) is 0 Å². The molecule has 1 heterocycles. The summed E-state index contributed by atoms with van der Waals surface area (Å²) in [5, 5.41) is 3.18. The van der Waals surface area contributed by atoms with Crippen molar-refractivity contribution in [3.05, 3.63) is 35.2 Å². The largest absolute Gasteiger partial charge is 0.330 e. The number of fused-ring (bicyclic) bond motifs is 1. The lowest BCUT2D eigenvalue weighted by molar-refractivity contribution is 0.0963. The van der Waals surface area contributed by atoms with Gasteiger partial charge in [-0.1, -0.05) is 25.5 Å². The van der Waals surface area contributed by atoms with Gasteiger partial charge in [-0.2, -0.15) is 0 Å². The van der Waals surface area contributed by atoms with Gasteiger partial charge >= 0.3 is 0 Å². The van der Waals surface area contributed by atoms with Crippen LogP contribution in [0.2, 0.25) is 0 Å². The molecule has 2 N–H and O–H groups in total. The fourth-order valence-electron chi connectivity index (χ4n) is 1.98. The van der Waals surface area contributed by atoms with Gasteiger partial charge in [-0.25, -0.2) is 0 Å². The minimum absolute atomic E-state index is 0.218. The van der Waals surface area contributed by atoms with E-state index < -0.39 is 0 Å². The van der Waals surface area contributed by atoms with Gasteiger partial charge in [0.05, 0.1) is 0 Å². The fourth-order valence-corrected chi connectivity index (χ4v) is 2.91. The number of benzene rings is 1. The molecule has 0 bridgehead atoms. The lowest BCUT2D eigenvalue weighted by Gasteiger charge is -2.11. The van der Waals surface area contributed by atoms with Crippen molar-refractivity contribution in [3.8, 4) is 0 Å². The molecular formula is C14H17NOS. The third-order valence-electron chi connectivity index (χ3n) is 3.16. The second-order valence-electron chi connectivity index (χ2n) is 4.28. The van der Waals surface area contributed by atoms with E-state index in [0.717, 1.165) is 22.1 Å². The summed E-state index contributed by atoms with van der Waals surface area (Å²) in [7, 11) is 0. The zero-order chi connectivity index (χ0) is 12.3. The first-order valence-electron chi connectivity index (χ1n) is 5.95. The van der Waals surface area contributed by atoms with Crippen molar-refractivity contribution in [2.75, 3.05) is 6.54 Å². The number of thiophene rings is 1. The highest BCUT2D eigenvalue weighted by molar-refractivity contribution is 7.17. The summed E-state index contributed by atoms with van der Waals surface area (Å²) >= 11 is 1.63. The van der Waals surface area contributed by atoms with Crippen molar-refractivity contribution in [2.45, 2.75) is 19.8 Å². The van der Waals surface area contributed by atoms with Crippen molar-refractivity contribution in [3.63, 3.8) is 0 Å². The highest BCUT2D eigenvalue weighted by Gasteiger charge is 2.15. The second-order valence-corrected chi connectivity index (χ2v) is 5.20. The SMILES string of the molecule is CCC(CN)CC(=O)c1cccc2ccsc12. The molecule has 1 aromatic heterocycles. The summed E-state index contributed by atoms with van der Waals surface area (Å²) in [4.78, 5) is 12.2. The van der Waals surface area contributed by atoms with Crippen molar-refractivity contribution in [2.24, 2.45) is 11.7 Å². The Morgan fingerprint density at radius 2 is 2.24 bits per heavy atom. The van der Waals surface area contributed by atoms with E-state index >= 15 is 0 Å². The van der Waals surface area contributed by atoms with Gasteiger partial charge in [0.1, 0.15) is 0 Å². The van der Waals surface area contributed by atoms with Gasteiger partial charge in [-0.3, -0.25) is 4.79 Å². The Balaban J connectivity index is 2.27. The molecule has 0 saturated carbocycles. The van der Waals surface area contributed by atoms with Crippen LogP contribution in [-0.4, -0.2) is 12.3 Å². The Labute approximate surface area is 105 Å². The first-order valence-corrected chi connectivity index (χ1v) is 6.83. The van der Waals surface area contributed by atoms with Crippen LogP contribution in [0.15, 0.2) is 29.6 Å². The molecule has 0 aliphatic carbocycles. The van der Waals surface area contributed by atoms with Gasteiger partial charge in [-0.15, -0.1) is 11.3 Å². The highest BCUT2D eigenvalue weighted by Crippen LogP contribution is 2.26. The van der Waals surface area contributed by atoms with Crippen LogP contribution in [-0.2, 0) is 0 Å². The average molecular weight is 247 g/mol. The smallest absolute Gasteiger partial charge is 0.164 e. The first kappa shape index (κ1) is 12.3. The van der Waals surface area contributed by atoms with Gasteiger partial charge in [0.2, 0.25) is 0 Å². The predicted molar refractivity (Wildman–Crippen MR) is 73.6 cm³/mol. The molecule has 0 saturated heterocycles. The fraction of sp³-hybridized carbons (Fsp3) is 0.357. The average Bonchev–Trinajstić information content (AvgIpc) is 2.83. The monoisotopic (exact) mass is 247 g/mol. The summed E-state index contributed by atoms with van der Waals surface area (Å²) in [6.45, 7) is 2.67. The van der Waals surface area contributed by atoms with E-state index in [-0.39, 0.29) is 5.78 Å². The quantitative estimate of drug-likeness (QED) is 0.822. The van der Waals surface area contributed by atoms with E-state index in [1.54, 1.807) is 11.3 Å². The van der Waals surface area contributed by atoms with Crippen LogP contribution in [0.1, 0.15) is 30.1 Å². The maximum Gasteiger partial charge on any atom is 0.164 e. The van der Waals surface area contributed by atoms with Crippen molar-refractivity contribution in [1.82, 2.24) is 0 Å². The number of ketones is 1. The third kappa shape index (κ3) is 2.56. The molecule has 1 aromatic carbocycles. The Morgan fingerprint density at radius 3 is 2.94 bits per heavy atom. The van der Waals surface area contributed by atoms with E-state index in [1.807, 2.05) is 23.6 Å². The van der Waals surface area contributed by atoms with E-state index in [1.165, 1.54) is 0 Å². The van der Waals surface area contributed by atoms with E-state index in [0.29, 0.717) is 18.9 Å². The number of hydrogen-bond donors (Lipinski definition) is 1. The number of carbonyl (C=O) groups excluding carboxylic acids is 1. The van der Waals surface area contributed by atoms with Crippen molar-refractivity contribution in [1.29, 1.82) is 0 Å². The maximum atomic E-state index is 12.2. The second kappa shape index (κ2) is 5.43. The van der Waals surface area contributed by atoms with Crippen molar-refractivity contribution < 1.29 is 4.79 Å². The standard InChI is InChI=1S/C14H17NOS/c1-2-10(9-15)8-13(16)12-5-3-4-11-6-7-17-14(11)12/h3-7,10H,2,8-9,15H2,1H3. The Bertz CT molecular complexity index is 514. The summed E-state index contributed by atoms with van der Waals surface area (Å²) in [5.41, 5.74) is 6.50. The molecule has 1 unspecified atom stereocenters. The van der Waals surface area contributed by atoms with E-state index in [4.69, 9.17) is 5.73 Å². The Kier molecular flexibility index (Phi) is 3.92. The molecule has 2 nitrogen and oxygen atoms in total. The molecule has 1 atom stereocenters. The zero-order valence-electron chi connectivity index (χ0n) is 9.98. The molecule has 3 heteroatoms. The summed E-state index contributed by atoms with van der Waals surface area (Å²) in [6, 6.07) is 7.97. The Hall–Kier alpha value is -1.19. The molecule has 0 aliphatic heterocycles. The predicted octanol–water partition coefficient (Wildman–Crippen LogP) is 3.46. The number of rotatable bonds is 5. The van der Waals surface area contributed by atoms with Gasteiger partial charge in [0, 0.05) is 16.7 Å². The first-order chi connectivity index (χ1) is 8.26. The normalized spacial score (nSPS) is 12.8.